The molecule has 1 fully saturated rings. The largest absolute Gasteiger partial charge is 0.573 e. The molecule has 1 amide bonds. The summed E-state index contributed by atoms with van der Waals surface area (Å²) in [5.41, 5.74) is 0.145. The fourth-order valence-electron chi connectivity index (χ4n) is 2.77. The minimum Gasteiger partial charge on any atom is -0.406 e. The Morgan fingerprint density at radius 2 is 1.86 bits per heavy atom. The standard InChI is InChI=1S/C16H14F6N4O3/c1-8(14(27)26-5-10(6-26)29-16(20,21)22)25-13-11-3-2-9(28-15(17,18)19)4-12(11)23-7-24-13/h2-4,7-8,10H,5-6H2,1H3,(H,23,24,25)/t8-/m1/s1. The van der Waals surface area contributed by atoms with E-state index in [0.717, 1.165) is 18.5 Å². The predicted octanol–water partition coefficient (Wildman–Crippen LogP) is 3.08. The van der Waals surface area contributed by atoms with Gasteiger partial charge in [-0.3, -0.25) is 9.53 Å². The quantitative estimate of drug-likeness (QED) is 0.744. The van der Waals surface area contributed by atoms with Gasteiger partial charge in [0.15, 0.2) is 0 Å². The number of alkyl halides is 6. The first-order valence-electron chi connectivity index (χ1n) is 8.21. The number of hydrogen-bond donors (Lipinski definition) is 1. The third kappa shape index (κ3) is 5.37. The number of nitrogens with zero attached hydrogens (tertiary/aromatic N) is 3. The summed E-state index contributed by atoms with van der Waals surface area (Å²) < 4.78 is 81.1. The molecule has 13 heteroatoms. The highest BCUT2D eigenvalue weighted by molar-refractivity contribution is 5.92. The van der Waals surface area contributed by atoms with Gasteiger partial charge < -0.3 is 15.0 Å². The van der Waals surface area contributed by atoms with Crippen molar-refractivity contribution in [2.24, 2.45) is 0 Å². The second-order valence-electron chi connectivity index (χ2n) is 6.24. The third-order valence-electron chi connectivity index (χ3n) is 4.03. The van der Waals surface area contributed by atoms with E-state index in [1.165, 1.54) is 17.9 Å². The lowest BCUT2D eigenvalue weighted by Gasteiger charge is -2.40. The van der Waals surface area contributed by atoms with Gasteiger partial charge in [-0.05, 0) is 19.1 Å². The molecule has 1 aliphatic heterocycles. The average Bonchev–Trinajstić information content (AvgIpc) is 2.55. The molecule has 1 N–H and O–H groups in total. The number of hydrogen-bond acceptors (Lipinski definition) is 6. The summed E-state index contributed by atoms with van der Waals surface area (Å²) in [7, 11) is 0. The lowest BCUT2D eigenvalue weighted by Crippen LogP contribution is -2.59. The zero-order chi connectivity index (χ0) is 21.4. The van der Waals surface area contributed by atoms with Gasteiger partial charge in [-0.2, -0.15) is 0 Å². The van der Waals surface area contributed by atoms with Crippen molar-refractivity contribution in [2.45, 2.75) is 31.8 Å². The van der Waals surface area contributed by atoms with Crippen LogP contribution in [0, 0.1) is 0 Å². The normalized spacial score (nSPS) is 16.4. The van der Waals surface area contributed by atoms with Gasteiger partial charge in [0.05, 0.1) is 5.52 Å². The number of ether oxygens (including phenoxy) is 2. The Kier molecular flexibility index (Phi) is 5.43. The number of anilines is 1. The van der Waals surface area contributed by atoms with Crippen LogP contribution in [0.15, 0.2) is 24.5 Å². The van der Waals surface area contributed by atoms with E-state index in [-0.39, 0.29) is 24.4 Å². The van der Waals surface area contributed by atoms with Crippen molar-refractivity contribution < 1.29 is 40.6 Å². The molecule has 1 aliphatic rings. The van der Waals surface area contributed by atoms with E-state index < -0.39 is 36.5 Å². The molecule has 29 heavy (non-hydrogen) atoms. The number of carbonyl (C=O) groups excluding carboxylic acids is 1. The molecular formula is C16H14F6N4O3. The number of carbonyl (C=O) groups is 1. The molecule has 1 aromatic heterocycles. The van der Waals surface area contributed by atoms with Crippen LogP contribution in [0.1, 0.15) is 6.92 Å². The van der Waals surface area contributed by atoms with Crippen LogP contribution in [0.25, 0.3) is 10.9 Å². The summed E-state index contributed by atoms with van der Waals surface area (Å²) in [6.45, 7) is 1.08. The highest BCUT2D eigenvalue weighted by Gasteiger charge is 2.41. The van der Waals surface area contributed by atoms with Crippen molar-refractivity contribution in [1.29, 1.82) is 0 Å². The monoisotopic (exact) mass is 424 g/mol. The summed E-state index contributed by atoms with van der Waals surface area (Å²) in [5.74, 6) is -0.760. The topological polar surface area (TPSA) is 76.6 Å². The van der Waals surface area contributed by atoms with Crippen LogP contribution in [-0.2, 0) is 9.53 Å². The van der Waals surface area contributed by atoms with Crippen molar-refractivity contribution in [1.82, 2.24) is 14.9 Å². The van der Waals surface area contributed by atoms with E-state index in [1.54, 1.807) is 0 Å². The first-order valence-corrected chi connectivity index (χ1v) is 8.21. The van der Waals surface area contributed by atoms with Crippen molar-refractivity contribution in [3.63, 3.8) is 0 Å². The Morgan fingerprint density at radius 3 is 2.48 bits per heavy atom. The fourth-order valence-corrected chi connectivity index (χ4v) is 2.77. The summed E-state index contributed by atoms with van der Waals surface area (Å²) in [6.07, 6.45) is -9.64. The Labute approximate surface area is 159 Å². The number of fused-ring (bicyclic) bond motifs is 1. The summed E-state index contributed by atoms with van der Waals surface area (Å²) in [4.78, 5) is 21.4. The lowest BCUT2D eigenvalue weighted by atomic mass is 10.1. The summed E-state index contributed by atoms with van der Waals surface area (Å²) in [5, 5.41) is 3.13. The van der Waals surface area contributed by atoms with Gasteiger partial charge in [0, 0.05) is 24.5 Å². The highest BCUT2D eigenvalue weighted by atomic mass is 19.4. The average molecular weight is 424 g/mol. The fraction of sp³-hybridized carbons (Fsp3) is 0.438. The van der Waals surface area contributed by atoms with Crippen LogP contribution in [0.3, 0.4) is 0 Å². The van der Waals surface area contributed by atoms with Crippen molar-refractivity contribution in [3.05, 3.63) is 24.5 Å². The summed E-state index contributed by atoms with van der Waals surface area (Å²) in [6, 6.07) is 2.58. The second-order valence-corrected chi connectivity index (χ2v) is 6.24. The zero-order valence-electron chi connectivity index (χ0n) is 14.7. The molecule has 0 radical (unpaired) electrons. The third-order valence-corrected chi connectivity index (χ3v) is 4.03. The molecule has 1 aromatic carbocycles. The highest BCUT2D eigenvalue weighted by Crippen LogP contribution is 2.29. The predicted molar refractivity (Wildman–Crippen MR) is 86.8 cm³/mol. The van der Waals surface area contributed by atoms with Gasteiger partial charge in [0.25, 0.3) is 0 Å². The minimum atomic E-state index is -4.85. The number of rotatable bonds is 5. The molecule has 0 unspecified atom stereocenters. The first-order chi connectivity index (χ1) is 13.4. The Hall–Kier alpha value is -2.83. The van der Waals surface area contributed by atoms with E-state index in [9.17, 15) is 31.1 Å². The van der Waals surface area contributed by atoms with Gasteiger partial charge in [0.2, 0.25) is 5.91 Å². The molecule has 1 atom stereocenters. The van der Waals surface area contributed by atoms with Crippen LogP contribution in [0.4, 0.5) is 32.2 Å². The minimum absolute atomic E-state index is 0.145. The van der Waals surface area contributed by atoms with Crippen LogP contribution < -0.4 is 10.1 Å². The van der Waals surface area contributed by atoms with E-state index in [1.807, 2.05) is 0 Å². The molecule has 0 aliphatic carbocycles. The molecule has 0 bridgehead atoms. The van der Waals surface area contributed by atoms with E-state index in [2.05, 4.69) is 24.8 Å². The number of halogens is 6. The maximum Gasteiger partial charge on any atom is 0.573 e. The first kappa shape index (κ1) is 20.9. The number of likely N-dealkylation sites (tertiary alicyclic amines) is 1. The summed E-state index contributed by atoms with van der Waals surface area (Å²) >= 11 is 0. The smallest absolute Gasteiger partial charge is 0.406 e. The number of nitrogens with one attached hydrogen (secondary N) is 1. The Balaban J connectivity index is 1.66. The maximum atomic E-state index is 12.3. The molecule has 2 heterocycles. The van der Waals surface area contributed by atoms with E-state index in [4.69, 9.17) is 0 Å². The van der Waals surface area contributed by atoms with Gasteiger partial charge in [-0.15, -0.1) is 26.3 Å². The van der Waals surface area contributed by atoms with Gasteiger partial charge in [-0.1, -0.05) is 0 Å². The van der Waals surface area contributed by atoms with E-state index >= 15 is 0 Å². The zero-order valence-corrected chi connectivity index (χ0v) is 14.7. The molecule has 158 valence electrons. The molecule has 1 saturated heterocycles. The van der Waals surface area contributed by atoms with Gasteiger partial charge >= 0.3 is 12.7 Å². The second kappa shape index (κ2) is 7.54. The SMILES string of the molecule is C[C@@H](Nc1ncnc2cc(OC(F)(F)F)ccc12)C(=O)N1CC(OC(F)(F)F)C1. The maximum absolute atomic E-state index is 12.3. The Bertz CT molecular complexity index is 898. The Morgan fingerprint density at radius 1 is 1.17 bits per heavy atom. The lowest BCUT2D eigenvalue weighted by molar-refractivity contribution is -0.353. The van der Waals surface area contributed by atoms with Crippen LogP contribution in [-0.4, -0.2) is 58.7 Å². The van der Waals surface area contributed by atoms with Crippen LogP contribution >= 0.6 is 0 Å². The number of aromatic nitrogens is 2. The molecule has 3 rings (SSSR count). The molecule has 0 spiro atoms. The van der Waals surface area contributed by atoms with Gasteiger partial charge in [-0.25, -0.2) is 9.97 Å². The van der Waals surface area contributed by atoms with Crippen molar-refractivity contribution in [2.75, 3.05) is 18.4 Å². The van der Waals surface area contributed by atoms with E-state index in [0.29, 0.717) is 5.39 Å². The number of amides is 1. The van der Waals surface area contributed by atoms with Crippen LogP contribution in [0.2, 0.25) is 0 Å². The van der Waals surface area contributed by atoms with Crippen LogP contribution in [0.5, 0.6) is 5.75 Å². The van der Waals surface area contributed by atoms with Crippen molar-refractivity contribution in [3.8, 4) is 5.75 Å². The molecule has 0 saturated carbocycles. The molecular weight excluding hydrogens is 410 g/mol. The molecule has 7 nitrogen and oxygen atoms in total. The number of benzene rings is 1. The molecule has 2 aromatic rings. The van der Waals surface area contributed by atoms with Gasteiger partial charge in [0.1, 0.15) is 30.0 Å². The van der Waals surface area contributed by atoms with Crippen molar-refractivity contribution >= 4 is 22.6 Å².